The van der Waals surface area contributed by atoms with Gasteiger partial charge < -0.3 is 19.3 Å². The zero-order chi connectivity index (χ0) is 17.3. The third-order valence-electron chi connectivity index (χ3n) is 3.64. The molecule has 3 aromatic rings. The third kappa shape index (κ3) is 3.22. The summed E-state index contributed by atoms with van der Waals surface area (Å²) in [5.41, 5.74) is 3.73. The van der Waals surface area contributed by atoms with Crippen molar-refractivity contribution in [3.63, 3.8) is 0 Å². The standard InChI is InChI=1S/C15H18BN5O3/c1-4-13-20-14-9(2)5-10(3)19-15(14)21(13)8-12-17-6-11(7-18-12)24-16(22)23/h5-7,22-23H,4,8H2,1-3H3. The first kappa shape index (κ1) is 16.3. The number of pyridine rings is 1. The molecule has 0 aliphatic carbocycles. The Morgan fingerprint density at radius 2 is 1.88 bits per heavy atom. The van der Waals surface area contributed by atoms with Gasteiger partial charge in [0.05, 0.1) is 18.9 Å². The number of imidazole rings is 1. The summed E-state index contributed by atoms with van der Waals surface area (Å²) < 4.78 is 6.71. The van der Waals surface area contributed by atoms with Crippen molar-refractivity contribution < 1.29 is 14.7 Å². The molecule has 0 radical (unpaired) electrons. The molecule has 24 heavy (non-hydrogen) atoms. The molecule has 0 aliphatic rings. The average Bonchev–Trinajstić information content (AvgIpc) is 2.87. The van der Waals surface area contributed by atoms with E-state index in [4.69, 9.17) is 14.7 Å². The molecule has 2 N–H and O–H groups in total. The summed E-state index contributed by atoms with van der Waals surface area (Å²) in [5, 5.41) is 17.6. The van der Waals surface area contributed by atoms with Crippen molar-refractivity contribution in [1.82, 2.24) is 24.5 Å². The molecule has 0 fully saturated rings. The zero-order valence-corrected chi connectivity index (χ0v) is 13.8. The number of aromatic nitrogens is 5. The van der Waals surface area contributed by atoms with Gasteiger partial charge in [-0.25, -0.2) is 19.9 Å². The predicted molar refractivity (Wildman–Crippen MR) is 88.3 cm³/mol. The average molecular weight is 327 g/mol. The minimum atomic E-state index is -1.89. The largest absolute Gasteiger partial charge is 0.707 e. The zero-order valence-electron chi connectivity index (χ0n) is 13.8. The molecular weight excluding hydrogens is 309 g/mol. The van der Waals surface area contributed by atoms with Gasteiger partial charge in [0.1, 0.15) is 22.9 Å². The van der Waals surface area contributed by atoms with Crippen LogP contribution in [0.25, 0.3) is 11.2 Å². The fourth-order valence-electron chi connectivity index (χ4n) is 2.63. The van der Waals surface area contributed by atoms with Gasteiger partial charge in [-0.1, -0.05) is 6.92 Å². The Balaban J connectivity index is 1.97. The van der Waals surface area contributed by atoms with Crippen LogP contribution in [0.4, 0.5) is 0 Å². The Kier molecular flexibility index (Phi) is 4.45. The van der Waals surface area contributed by atoms with Gasteiger partial charge in [-0.2, -0.15) is 0 Å². The molecule has 0 aliphatic heterocycles. The molecule has 0 amide bonds. The molecule has 0 saturated heterocycles. The summed E-state index contributed by atoms with van der Waals surface area (Å²) in [5.74, 6) is 1.66. The molecule has 0 atom stereocenters. The van der Waals surface area contributed by atoms with Crippen LogP contribution in [0.5, 0.6) is 5.75 Å². The van der Waals surface area contributed by atoms with Crippen molar-refractivity contribution in [2.75, 3.05) is 0 Å². The predicted octanol–water partition coefficient (Wildman–Crippen LogP) is 0.797. The van der Waals surface area contributed by atoms with Crippen molar-refractivity contribution in [2.24, 2.45) is 0 Å². The van der Waals surface area contributed by atoms with Gasteiger partial charge in [-0.3, -0.25) is 0 Å². The topological polar surface area (TPSA) is 106 Å². The van der Waals surface area contributed by atoms with Crippen LogP contribution in [-0.4, -0.2) is 41.9 Å². The summed E-state index contributed by atoms with van der Waals surface area (Å²) in [4.78, 5) is 17.7. The van der Waals surface area contributed by atoms with Crippen molar-refractivity contribution in [1.29, 1.82) is 0 Å². The Labute approximate surface area is 139 Å². The van der Waals surface area contributed by atoms with E-state index in [1.807, 2.05) is 31.4 Å². The molecule has 3 rings (SSSR count). The summed E-state index contributed by atoms with van der Waals surface area (Å²) in [7, 11) is -1.89. The summed E-state index contributed by atoms with van der Waals surface area (Å²) in [6, 6.07) is 2.02. The lowest BCUT2D eigenvalue weighted by Crippen LogP contribution is -2.21. The van der Waals surface area contributed by atoms with Crippen molar-refractivity contribution in [3.8, 4) is 5.75 Å². The quantitative estimate of drug-likeness (QED) is 0.668. The SMILES string of the molecule is CCc1nc2c(C)cc(C)nc2n1Cc1ncc(OB(O)O)cn1. The highest BCUT2D eigenvalue weighted by Gasteiger charge is 2.15. The van der Waals surface area contributed by atoms with Crippen molar-refractivity contribution in [3.05, 3.63) is 41.4 Å². The highest BCUT2D eigenvalue weighted by atomic mass is 16.6. The van der Waals surface area contributed by atoms with E-state index in [-0.39, 0.29) is 5.75 Å². The summed E-state index contributed by atoms with van der Waals surface area (Å²) in [6.45, 7) is 6.45. The van der Waals surface area contributed by atoms with E-state index >= 15 is 0 Å². The minimum Gasteiger partial charge on any atom is -0.509 e. The number of rotatable bonds is 5. The second kappa shape index (κ2) is 6.54. The fraction of sp³-hybridized carbons (Fsp3) is 0.333. The van der Waals surface area contributed by atoms with E-state index in [9.17, 15) is 0 Å². The molecule has 3 aromatic heterocycles. The van der Waals surface area contributed by atoms with Gasteiger partial charge in [-0.15, -0.1) is 0 Å². The van der Waals surface area contributed by atoms with Gasteiger partial charge in [-0.05, 0) is 25.5 Å². The Bertz CT molecular complexity index is 864. The smallest absolute Gasteiger partial charge is 0.509 e. The molecule has 3 heterocycles. The first-order valence-electron chi connectivity index (χ1n) is 7.65. The molecule has 8 nitrogen and oxygen atoms in total. The molecule has 0 aromatic carbocycles. The normalized spacial score (nSPS) is 11.0. The van der Waals surface area contributed by atoms with Gasteiger partial charge in [0.2, 0.25) is 0 Å². The first-order chi connectivity index (χ1) is 11.5. The lowest BCUT2D eigenvalue weighted by Gasteiger charge is -2.08. The minimum absolute atomic E-state index is 0.185. The van der Waals surface area contributed by atoms with Crippen LogP contribution in [0.1, 0.15) is 29.8 Å². The van der Waals surface area contributed by atoms with Crippen molar-refractivity contribution in [2.45, 2.75) is 33.7 Å². The molecule has 124 valence electrons. The van der Waals surface area contributed by atoms with Crippen molar-refractivity contribution >= 4 is 18.5 Å². The van der Waals surface area contributed by atoms with Crippen LogP contribution in [-0.2, 0) is 13.0 Å². The Morgan fingerprint density at radius 3 is 2.50 bits per heavy atom. The van der Waals surface area contributed by atoms with Crippen LogP contribution in [0.3, 0.4) is 0 Å². The Morgan fingerprint density at radius 1 is 1.17 bits per heavy atom. The number of hydrogen-bond donors (Lipinski definition) is 2. The maximum atomic E-state index is 8.78. The van der Waals surface area contributed by atoms with E-state index in [1.165, 1.54) is 12.4 Å². The van der Waals surface area contributed by atoms with Crippen LogP contribution in [0, 0.1) is 13.8 Å². The van der Waals surface area contributed by atoms with E-state index in [1.54, 1.807) is 0 Å². The van der Waals surface area contributed by atoms with Gasteiger partial charge in [0.15, 0.2) is 5.65 Å². The Hall–Kier alpha value is -2.52. The highest BCUT2D eigenvalue weighted by molar-refractivity contribution is 6.33. The van der Waals surface area contributed by atoms with E-state index in [2.05, 4.69) is 19.9 Å². The number of hydrogen-bond acceptors (Lipinski definition) is 7. The molecule has 0 spiro atoms. The second-order valence-corrected chi connectivity index (χ2v) is 5.50. The van der Waals surface area contributed by atoms with E-state index < -0.39 is 7.32 Å². The fourth-order valence-corrected chi connectivity index (χ4v) is 2.63. The van der Waals surface area contributed by atoms with E-state index in [0.717, 1.165) is 34.7 Å². The number of aryl methyl sites for hydroxylation is 3. The van der Waals surface area contributed by atoms with Gasteiger partial charge in [0.25, 0.3) is 0 Å². The van der Waals surface area contributed by atoms with Crippen LogP contribution in [0.2, 0.25) is 0 Å². The maximum Gasteiger partial charge on any atom is 0.707 e. The lowest BCUT2D eigenvalue weighted by molar-refractivity contribution is 0.287. The van der Waals surface area contributed by atoms with Crippen LogP contribution >= 0.6 is 0 Å². The summed E-state index contributed by atoms with van der Waals surface area (Å²) >= 11 is 0. The molecule has 0 saturated carbocycles. The molecule has 0 bridgehead atoms. The molecule has 0 unspecified atom stereocenters. The molecular formula is C15H18BN5O3. The van der Waals surface area contributed by atoms with Gasteiger partial charge >= 0.3 is 7.32 Å². The molecule has 9 heteroatoms. The lowest BCUT2D eigenvalue weighted by atomic mass is 10.2. The second-order valence-electron chi connectivity index (χ2n) is 5.50. The maximum absolute atomic E-state index is 8.78. The summed E-state index contributed by atoms with van der Waals surface area (Å²) in [6.07, 6.45) is 3.57. The van der Waals surface area contributed by atoms with Crippen LogP contribution < -0.4 is 4.65 Å². The van der Waals surface area contributed by atoms with Crippen LogP contribution in [0.15, 0.2) is 18.5 Å². The third-order valence-corrected chi connectivity index (χ3v) is 3.64. The van der Waals surface area contributed by atoms with Gasteiger partial charge in [0, 0.05) is 12.1 Å². The number of nitrogens with zero attached hydrogens (tertiary/aromatic N) is 5. The first-order valence-corrected chi connectivity index (χ1v) is 7.65. The van der Waals surface area contributed by atoms with E-state index in [0.29, 0.717) is 12.4 Å². The number of fused-ring (bicyclic) bond motifs is 1. The highest BCUT2D eigenvalue weighted by Crippen LogP contribution is 2.20. The monoisotopic (exact) mass is 327 g/mol.